The molecule has 5 nitrogen and oxygen atoms in total. The highest BCUT2D eigenvalue weighted by atomic mass is 19.4. The van der Waals surface area contributed by atoms with Crippen LogP contribution in [0.3, 0.4) is 0 Å². The van der Waals surface area contributed by atoms with Crippen molar-refractivity contribution < 1.29 is 18.0 Å². The van der Waals surface area contributed by atoms with E-state index in [-0.39, 0.29) is 12.5 Å². The van der Waals surface area contributed by atoms with E-state index in [0.717, 1.165) is 17.7 Å². The van der Waals surface area contributed by atoms with Crippen molar-refractivity contribution in [1.82, 2.24) is 16.0 Å². The van der Waals surface area contributed by atoms with E-state index in [1.807, 2.05) is 13.8 Å². The second-order valence-corrected chi connectivity index (χ2v) is 5.02. The third kappa shape index (κ3) is 7.34. The van der Waals surface area contributed by atoms with Gasteiger partial charge in [0.2, 0.25) is 5.91 Å². The highest BCUT2D eigenvalue weighted by molar-refractivity contribution is 5.84. The van der Waals surface area contributed by atoms with Crippen LogP contribution in [-0.4, -0.2) is 38.0 Å². The largest absolute Gasteiger partial charge is 0.416 e. The zero-order valence-corrected chi connectivity index (χ0v) is 13.8. The Labute approximate surface area is 139 Å². The van der Waals surface area contributed by atoms with E-state index in [1.54, 1.807) is 0 Å². The Hall–Kier alpha value is -2.25. The fourth-order valence-electron chi connectivity index (χ4n) is 1.93. The summed E-state index contributed by atoms with van der Waals surface area (Å²) < 4.78 is 37.5. The molecule has 134 valence electrons. The lowest BCUT2D eigenvalue weighted by Crippen LogP contribution is -2.39. The Bertz CT molecular complexity index is 541. The molecule has 0 saturated heterocycles. The van der Waals surface area contributed by atoms with Gasteiger partial charge in [0.1, 0.15) is 6.54 Å². The maximum atomic E-state index is 12.5. The molecule has 3 N–H and O–H groups in total. The van der Waals surface area contributed by atoms with Crippen LogP contribution in [0.5, 0.6) is 0 Å². The number of hydrogen-bond donors (Lipinski definition) is 3. The minimum Gasteiger partial charge on any atom is -0.357 e. The summed E-state index contributed by atoms with van der Waals surface area (Å²) in [6.45, 7) is 5.43. The highest BCUT2D eigenvalue weighted by Gasteiger charge is 2.29. The number of alkyl halides is 3. The first kappa shape index (κ1) is 19.8. The van der Waals surface area contributed by atoms with Crippen LogP contribution >= 0.6 is 0 Å². The van der Waals surface area contributed by atoms with Gasteiger partial charge in [0, 0.05) is 19.6 Å². The van der Waals surface area contributed by atoms with Crippen LogP contribution in [0.15, 0.2) is 29.3 Å². The highest BCUT2D eigenvalue weighted by Crippen LogP contribution is 2.29. The molecule has 24 heavy (non-hydrogen) atoms. The molecule has 0 unspecified atom stereocenters. The first-order chi connectivity index (χ1) is 11.4. The molecule has 0 saturated carbocycles. The molecular weight excluding hydrogens is 321 g/mol. The number of rotatable bonds is 7. The van der Waals surface area contributed by atoms with Crippen LogP contribution < -0.4 is 16.0 Å². The summed E-state index contributed by atoms with van der Waals surface area (Å²) in [6.07, 6.45) is -3.77. The van der Waals surface area contributed by atoms with Crippen molar-refractivity contribution in [1.29, 1.82) is 0 Å². The Morgan fingerprint density at radius 3 is 2.21 bits per heavy atom. The summed E-state index contributed by atoms with van der Waals surface area (Å²) in [5.41, 5.74) is 0.131. The summed E-state index contributed by atoms with van der Waals surface area (Å²) in [4.78, 5) is 15.5. The van der Waals surface area contributed by atoms with E-state index in [4.69, 9.17) is 0 Å². The number of carbonyl (C=O) groups excluding carboxylic acids is 1. The van der Waals surface area contributed by atoms with Crippen LogP contribution in [-0.2, 0) is 17.4 Å². The number of nitrogens with one attached hydrogen (secondary N) is 3. The SMILES string of the molecule is CCNC(=O)CN=C(NCC)NCCc1ccc(C(F)(F)F)cc1. The van der Waals surface area contributed by atoms with Crippen LogP contribution in [0.25, 0.3) is 0 Å². The van der Waals surface area contributed by atoms with Gasteiger partial charge in [0.25, 0.3) is 0 Å². The van der Waals surface area contributed by atoms with E-state index >= 15 is 0 Å². The average Bonchev–Trinajstić information content (AvgIpc) is 2.52. The Kier molecular flexibility index (Phi) is 8.08. The van der Waals surface area contributed by atoms with Gasteiger partial charge >= 0.3 is 6.18 Å². The maximum Gasteiger partial charge on any atom is 0.416 e. The minimum absolute atomic E-state index is 0.0173. The molecule has 0 atom stereocenters. The van der Waals surface area contributed by atoms with Gasteiger partial charge in [0.05, 0.1) is 5.56 Å². The molecule has 1 aromatic rings. The summed E-state index contributed by atoms with van der Waals surface area (Å²) >= 11 is 0. The van der Waals surface area contributed by atoms with Gasteiger partial charge in [-0.2, -0.15) is 13.2 Å². The van der Waals surface area contributed by atoms with Gasteiger partial charge in [-0.3, -0.25) is 4.79 Å². The van der Waals surface area contributed by atoms with Gasteiger partial charge in [-0.15, -0.1) is 0 Å². The van der Waals surface area contributed by atoms with Crippen molar-refractivity contribution in [2.75, 3.05) is 26.2 Å². The van der Waals surface area contributed by atoms with Crippen molar-refractivity contribution in [3.8, 4) is 0 Å². The topological polar surface area (TPSA) is 65.5 Å². The van der Waals surface area contributed by atoms with Crippen LogP contribution in [0.1, 0.15) is 25.0 Å². The van der Waals surface area contributed by atoms with Crippen molar-refractivity contribution in [2.24, 2.45) is 4.99 Å². The van der Waals surface area contributed by atoms with E-state index in [9.17, 15) is 18.0 Å². The van der Waals surface area contributed by atoms with Crippen molar-refractivity contribution in [3.05, 3.63) is 35.4 Å². The lowest BCUT2D eigenvalue weighted by Gasteiger charge is -2.12. The lowest BCUT2D eigenvalue weighted by molar-refractivity contribution is -0.137. The van der Waals surface area contributed by atoms with E-state index in [1.165, 1.54) is 12.1 Å². The monoisotopic (exact) mass is 344 g/mol. The van der Waals surface area contributed by atoms with Crippen molar-refractivity contribution in [3.63, 3.8) is 0 Å². The molecule has 0 fully saturated rings. The number of likely N-dealkylation sites (N-methyl/N-ethyl adjacent to an activating group) is 1. The number of nitrogens with zero attached hydrogens (tertiary/aromatic N) is 1. The second-order valence-electron chi connectivity index (χ2n) is 5.02. The Morgan fingerprint density at radius 2 is 1.67 bits per heavy atom. The second kappa shape index (κ2) is 9.79. The zero-order chi connectivity index (χ0) is 18.0. The summed E-state index contributed by atoms with van der Waals surface area (Å²) in [5, 5.41) is 8.70. The number of amides is 1. The number of guanidine groups is 1. The van der Waals surface area contributed by atoms with E-state index < -0.39 is 11.7 Å². The van der Waals surface area contributed by atoms with Crippen molar-refractivity contribution >= 4 is 11.9 Å². The molecule has 0 spiro atoms. The average molecular weight is 344 g/mol. The normalized spacial score (nSPS) is 12.0. The zero-order valence-electron chi connectivity index (χ0n) is 13.8. The van der Waals surface area contributed by atoms with Gasteiger partial charge in [0.15, 0.2) is 5.96 Å². The summed E-state index contributed by atoms with van der Waals surface area (Å²) in [5.74, 6) is 0.327. The van der Waals surface area contributed by atoms with Crippen LogP contribution in [0.2, 0.25) is 0 Å². The minimum atomic E-state index is -4.32. The van der Waals surface area contributed by atoms with Crippen molar-refractivity contribution in [2.45, 2.75) is 26.4 Å². The fraction of sp³-hybridized carbons (Fsp3) is 0.500. The maximum absolute atomic E-state index is 12.5. The van der Waals surface area contributed by atoms with Crippen LogP contribution in [0.4, 0.5) is 13.2 Å². The molecule has 0 aliphatic rings. The number of carbonyl (C=O) groups is 1. The Morgan fingerprint density at radius 1 is 1.04 bits per heavy atom. The summed E-state index contributed by atoms with van der Waals surface area (Å²) in [6, 6.07) is 5.07. The van der Waals surface area contributed by atoms with Gasteiger partial charge < -0.3 is 16.0 Å². The molecule has 8 heteroatoms. The predicted molar refractivity (Wildman–Crippen MR) is 87.8 cm³/mol. The Balaban J connectivity index is 2.50. The van der Waals surface area contributed by atoms with E-state index in [0.29, 0.717) is 32.0 Å². The standard InChI is InChI=1S/C16H23F3N4O/c1-3-20-14(24)11-23-15(21-4-2)22-10-9-12-5-7-13(8-6-12)16(17,18)19/h5-8H,3-4,9-11H2,1-2H3,(H,20,24)(H2,21,22,23). The summed E-state index contributed by atoms with van der Waals surface area (Å²) in [7, 11) is 0. The number of hydrogen-bond acceptors (Lipinski definition) is 2. The third-order valence-corrected chi connectivity index (χ3v) is 3.09. The molecule has 0 radical (unpaired) electrons. The molecule has 0 heterocycles. The number of benzene rings is 1. The molecule has 0 bridgehead atoms. The van der Waals surface area contributed by atoms with Gasteiger partial charge in [-0.1, -0.05) is 12.1 Å². The van der Waals surface area contributed by atoms with Gasteiger partial charge in [-0.25, -0.2) is 4.99 Å². The number of aliphatic imine (C=N–C) groups is 1. The fourth-order valence-corrected chi connectivity index (χ4v) is 1.93. The molecule has 0 aliphatic heterocycles. The predicted octanol–water partition coefficient (Wildman–Crippen LogP) is 1.94. The molecule has 1 amide bonds. The van der Waals surface area contributed by atoms with E-state index in [2.05, 4.69) is 20.9 Å². The third-order valence-electron chi connectivity index (χ3n) is 3.09. The molecule has 0 aromatic heterocycles. The number of halogens is 3. The first-order valence-corrected chi connectivity index (χ1v) is 7.81. The first-order valence-electron chi connectivity index (χ1n) is 7.81. The molecule has 1 rings (SSSR count). The molecule has 0 aliphatic carbocycles. The van der Waals surface area contributed by atoms with Gasteiger partial charge in [-0.05, 0) is 38.0 Å². The lowest BCUT2D eigenvalue weighted by atomic mass is 10.1. The quantitative estimate of drug-likeness (QED) is 0.523. The smallest absolute Gasteiger partial charge is 0.357 e. The van der Waals surface area contributed by atoms with Crippen LogP contribution in [0, 0.1) is 0 Å². The molecule has 1 aromatic carbocycles. The molecular formula is C16H23F3N4O.